The summed E-state index contributed by atoms with van der Waals surface area (Å²) in [5, 5.41) is 9.39. The number of aromatic nitrogens is 1. The average Bonchev–Trinajstić information content (AvgIpc) is 2.52. The molecule has 1 fully saturated rings. The Balaban J connectivity index is 1.96. The predicted molar refractivity (Wildman–Crippen MR) is 67.6 cm³/mol. The fourth-order valence-corrected chi connectivity index (χ4v) is 2.32. The highest BCUT2D eigenvalue weighted by Crippen LogP contribution is 2.10. The molecular formula is C13H21N3O. The van der Waals surface area contributed by atoms with Crippen LogP contribution in [0, 0.1) is 0 Å². The van der Waals surface area contributed by atoms with Crippen molar-refractivity contribution in [3.63, 3.8) is 0 Å². The van der Waals surface area contributed by atoms with Crippen LogP contribution < -0.4 is 0 Å². The maximum atomic E-state index is 9.39. The van der Waals surface area contributed by atoms with E-state index in [1.807, 2.05) is 18.3 Å². The Labute approximate surface area is 103 Å². The van der Waals surface area contributed by atoms with E-state index in [2.05, 4.69) is 27.9 Å². The Bertz CT molecular complexity index is 331. The number of aliphatic hydroxyl groups excluding tert-OH is 1. The van der Waals surface area contributed by atoms with Gasteiger partial charge >= 0.3 is 0 Å². The fraction of sp³-hybridized carbons (Fsp3) is 0.615. The van der Waals surface area contributed by atoms with Crippen molar-refractivity contribution >= 4 is 0 Å². The van der Waals surface area contributed by atoms with Crippen molar-refractivity contribution in [1.29, 1.82) is 0 Å². The monoisotopic (exact) mass is 235 g/mol. The summed E-state index contributed by atoms with van der Waals surface area (Å²) < 4.78 is 0. The molecular weight excluding hydrogens is 214 g/mol. The van der Waals surface area contributed by atoms with E-state index >= 15 is 0 Å². The van der Waals surface area contributed by atoms with Crippen molar-refractivity contribution in [1.82, 2.24) is 14.8 Å². The van der Waals surface area contributed by atoms with Gasteiger partial charge < -0.3 is 5.11 Å². The van der Waals surface area contributed by atoms with E-state index < -0.39 is 0 Å². The van der Waals surface area contributed by atoms with Crippen molar-refractivity contribution in [3.05, 3.63) is 30.1 Å². The third-order valence-corrected chi connectivity index (χ3v) is 3.40. The summed E-state index contributed by atoms with van der Waals surface area (Å²) in [7, 11) is 2.09. The van der Waals surface area contributed by atoms with Gasteiger partial charge in [0.1, 0.15) is 0 Å². The maximum Gasteiger partial charge on any atom is 0.0599 e. The van der Waals surface area contributed by atoms with Crippen molar-refractivity contribution in [2.75, 3.05) is 33.3 Å². The molecule has 0 radical (unpaired) electrons. The lowest BCUT2D eigenvalue weighted by Crippen LogP contribution is -2.41. The van der Waals surface area contributed by atoms with E-state index in [1.165, 1.54) is 0 Å². The minimum absolute atomic E-state index is 0.231. The maximum absolute atomic E-state index is 9.39. The van der Waals surface area contributed by atoms with Crippen LogP contribution >= 0.6 is 0 Å². The molecule has 4 nitrogen and oxygen atoms in total. The van der Waals surface area contributed by atoms with E-state index in [4.69, 9.17) is 0 Å². The van der Waals surface area contributed by atoms with Crippen LogP contribution in [0.2, 0.25) is 0 Å². The molecule has 1 atom stereocenters. The van der Waals surface area contributed by atoms with Gasteiger partial charge in [-0.05, 0) is 38.7 Å². The normalized spacial score (nSPS) is 23.5. The first-order valence-corrected chi connectivity index (χ1v) is 6.23. The Morgan fingerprint density at radius 2 is 2.29 bits per heavy atom. The quantitative estimate of drug-likeness (QED) is 0.832. The molecule has 0 aliphatic carbocycles. The smallest absolute Gasteiger partial charge is 0.0599 e. The highest BCUT2D eigenvalue weighted by atomic mass is 16.3. The van der Waals surface area contributed by atoms with E-state index in [0.717, 1.165) is 38.3 Å². The second kappa shape index (κ2) is 6.10. The van der Waals surface area contributed by atoms with Gasteiger partial charge in [0, 0.05) is 25.3 Å². The second-order valence-electron chi connectivity index (χ2n) is 4.73. The van der Waals surface area contributed by atoms with Crippen LogP contribution in [-0.4, -0.2) is 59.2 Å². The second-order valence-corrected chi connectivity index (χ2v) is 4.73. The lowest BCUT2D eigenvalue weighted by Gasteiger charge is -2.27. The van der Waals surface area contributed by atoms with Crippen molar-refractivity contribution < 1.29 is 5.11 Å². The van der Waals surface area contributed by atoms with Gasteiger partial charge in [-0.3, -0.25) is 14.8 Å². The van der Waals surface area contributed by atoms with Gasteiger partial charge in [-0.15, -0.1) is 0 Å². The highest BCUT2D eigenvalue weighted by molar-refractivity contribution is 5.03. The van der Waals surface area contributed by atoms with Gasteiger partial charge in [0.2, 0.25) is 0 Å². The Morgan fingerprint density at radius 3 is 3.00 bits per heavy atom. The summed E-state index contributed by atoms with van der Waals surface area (Å²) in [6.45, 7) is 4.17. The van der Waals surface area contributed by atoms with E-state index in [-0.39, 0.29) is 12.6 Å². The molecule has 2 heterocycles. The molecule has 1 aromatic rings. The summed E-state index contributed by atoms with van der Waals surface area (Å²) in [4.78, 5) is 8.99. The number of nitrogens with zero attached hydrogens (tertiary/aromatic N) is 3. The third kappa shape index (κ3) is 3.49. The minimum Gasteiger partial charge on any atom is -0.395 e. The highest BCUT2D eigenvalue weighted by Gasteiger charge is 2.21. The zero-order valence-corrected chi connectivity index (χ0v) is 10.4. The molecule has 4 heteroatoms. The van der Waals surface area contributed by atoms with Gasteiger partial charge in [-0.25, -0.2) is 0 Å². The zero-order valence-electron chi connectivity index (χ0n) is 10.4. The van der Waals surface area contributed by atoms with Crippen molar-refractivity contribution in [2.45, 2.75) is 19.0 Å². The summed E-state index contributed by atoms with van der Waals surface area (Å²) in [5.74, 6) is 0. The minimum atomic E-state index is 0.231. The van der Waals surface area contributed by atoms with Gasteiger partial charge in [0.05, 0.1) is 12.3 Å². The van der Waals surface area contributed by atoms with Gasteiger partial charge in [-0.2, -0.15) is 0 Å². The van der Waals surface area contributed by atoms with Crippen molar-refractivity contribution in [2.24, 2.45) is 0 Å². The van der Waals surface area contributed by atoms with Crippen LogP contribution in [0.1, 0.15) is 12.1 Å². The molecule has 94 valence electrons. The van der Waals surface area contributed by atoms with Crippen LogP contribution in [0.25, 0.3) is 0 Å². The summed E-state index contributed by atoms with van der Waals surface area (Å²) >= 11 is 0. The first kappa shape index (κ1) is 12.5. The van der Waals surface area contributed by atoms with E-state index in [0.29, 0.717) is 0 Å². The molecule has 0 aromatic carbocycles. The molecule has 17 heavy (non-hydrogen) atoms. The number of rotatable bonds is 3. The Kier molecular flexibility index (Phi) is 4.48. The Morgan fingerprint density at radius 1 is 1.41 bits per heavy atom. The number of hydrogen-bond donors (Lipinski definition) is 1. The molecule has 0 saturated carbocycles. The largest absolute Gasteiger partial charge is 0.395 e. The molecule has 0 bridgehead atoms. The summed E-state index contributed by atoms with van der Waals surface area (Å²) in [6.07, 6.45) is 2.99. The third-order valence-electron chi connectivity index (χ3n) is 3.40. The van der Waals surface area contributed by atoms with Crippen LogP contribution in [-0.2, 0) is 6.54 Å². The summed E-state index contributed by atoms with van der Waals surface area (Å²) in [6, 6.07) is 6.27. The fourth-order valence-electron chi connectivity index (χ4n) is 2.32. The van der Waals surface area contributed by atoms with Crippen molar-refractivity contribution in [3.8, 4) is 0 Å². The van der Waals surface area contributed by atoms with E-state index in [1.54, 1.807) is 0 Å². The lowest BCUT2D eigenvalue weighted by molar-refractivity contribution is 0.129. The molecule has 1 unspecified atom stereocenters. The zero-order chi connectivity index (χ0) is 12.1. The van der Waals surface area contributed by atoms with E-state index in [9.17, 15) is 5.11 Å². The lowest BCUT2D eigenvalue weighted by atomic mass is 10.2. The standard InChI is InChI=1S/C13H21N3O/c1-15-7-4-8-16(10-13(15)11-17)9-12-5-2-3-6-14-12/h2-3,5-6,13,17H,4,7-11H2,1H3. The number of hydrogen-bond acceptors (Lipinski definition) is 4. The van der Waals surface area contributed by atoms with Gasteiger partial charge in [-0.1, -0.05) is 6.07 Å². The predicted octanol–water partition coefficient (Wildman–Crippen LogP) is 0.580. The molecule has 1 saturated heterocycles. The molecule has 1 aliphatic rings. The van der Waals surface area contributed by atoms with Gasteiger partial charge in [0.15, 0.2) is 0 Å². The van der Waals surface area contributed by atoms with Crippen LogP contribution in [0.5, 0.6) is 0 Å². The summed E-state index contributed by atoms with van der Waals surface area (Å²) in [5.41, 5.74) is 1.11. The molecule has 1 N–H and O–H groups in total. The molecule has 0 spiro atoms. The molecule has 2 rings (SSSR count). The first-order chi connectivity index (χ1) is 8.29. The number of aliphatic hydroxyl groups is 1. The topological polar surface area (TPSA) is 39.6 Å². The molecule has 1 aliphatic heterocycles. The molecule has 0 amide bonds. The number of likely N-dealkylation sites (N-methyl/N-ethyl adjacent to an activating group) is 1. The van der Waals surface area contributed by atoms with Crippen LogP contribution in [0.4, 0.5) is 0 Å². The van der Waals surface area contributed by atoms with Gasteiger partial charge in [0.25, 0.3) is 0 Å². The average molecular weight is 235 g/mol. The number of pyridine rings is 1. The first-order valence-electron chi connectivity index (χ1n) is 6.23. The SMILES string of the molecule is CN1CCCN(Cc2ccccn2)CC1CO. The Hall–Kier alpha value is -0.970. The molecule has 1 aromatic heterocycles. The van der Waals surface area contributed by atoms with Crippen LogP contribution in [0.3, 0.4) is 0 Å². The van der Waals surface area contributed by atoms with Crippen LogP contribution in [0.15, 0.2) is 24.4 Å².